The molecule has 160 valence electrons. The number of furan rings is 1. The quantitative estimate of drug-likeness (QED) is 0.334. The minimum absolute atomic E-state index is 0.0347. The van der Waals surface area contributed by atoms with Crippen LogP contribution in [0.2, 0.25) is 0 Å². The summed E-state index contributed by atoms with van der Waals surface area (Å²) < 4.78 is 5.99. The van der Waals surface area contributed by atoms with E-state index in [9.17, 15) is 14.9 Å². The first-order valence-corrected chi connectivity index (χ1v) is 9.71. The minimum atomic E-state index is -0.488. The number of non-ortho nitro benzene ring substituents is 1. The van der Waals surface area contributed by atoms with Crippen molar-refractivity contribution in [1.29, 1.82) is 5.26 Å². The lowest BCUT2D eigenvalue weighted by atomic mass is 10.1. The van der Waals surface area contributed by atoms with E-state index in [1.54, 1.807) is 11.1 Å². The topological polar surface area (TPSA) is 151 Å². The number of nitro groups is 1. The molecular weight excluding hydrogens is 414 g/mol. The van der Waals surface area contributed by atoms with Gasteiger partial charge in [-0.1, -0.05) is 0 Å². The van der Waals surface area contributed by atoms with Crippen LogP contribution in [0.25, 0.3) is 11.5 Å². The number of fused-ring (bicyclic) bond motifs is 1. The van der Waals surface area contributed by atoms with Gasteiger partial charge in [-0.05, 0) is 30.7 Å². The number of aryl methyl sites for hydroxylation is 1. The van der Waals surface area contributed by atoms with Crippen LogP contribution in [0.3, 0.4) is 0 Å². The van der Waals surface area contributed by atoms with Gasteiger partial charge in [-0.3, -0.25) is 14.9 Å². The summed E-state index contributed by atoms with van der Waals surface area (Å²) in [5.41, 5.74) is 2.61. The molecule has 1 aromatic carbocycles. The number of rotatable bonds is 5. The molecule has 0 radical (unpaired) electrons. The largest absolute Gasteiger partial charge is 0.459 e. The van der Waals surface area contributed by atoms with E-state index in [-0.39, 0.29) is 24.0 Å². The van der Waals surface area contributed by atoms with Crippen molar-refractivity contribution in [3.8, 4) is 17.5 Å². The van der Waals surface area contributed by atoms with Crippen LogP contribution in [-0.4, -0.2) is 32.2 Å². The van der Waals surface area contributed by atoms with Gasteiger partial charge in [0.2, 0.25) is 5.91 Å². The third-order valence-electron chi connectivity index (χ3n) is 4.96. The molecule has 4 rings (SSSR count). The zero-order chi connectivity index (χ0) is 22.7. The molecule has 0 bridgehead atoms. The van der Waals surface area contributed by atoms with Gasteiger partial charge < -0.3 is 9.32 Å². The Labute approximate surface area is 182 Å². The molecule has 0 N–H and O–H groups in total. The number of carbonyl (C=O) groups excluding carboxylic acids is 1. The Bertz CT molecular complexity index is 1260. The summed E-state index contributed by atoms with van der Waals surface area (Å²) in [7, 11) is 0. The summed E-state index contributed by atoms with van der Waals surface area (Å²) >= 11 is 0. The van der Waals surface area contributed by atoms with E-state index in [0.29, 0.717) is 36.7 Å². The van der Waals surface area contributed by atoms with Crippen LogP contribution in [0.5, 0.6) is 0 Å². The molecule has 1 aliphatic heterocycles. The van der Waals surface area contributed by atoms with Gasteiger partial charge in [0.15, 0.2) is 5.76 Å². The SMILES string of the molecule is Cc1cnc(N=Nc2ccc([N+](=O)[O-])cc2)nc1-c1cc2c(o1)CCN(C(=O)CC#N)C2. The van der Waals surface area contributed by atoms with Crippen molar-refractivity contribution in [1.82, 2.24) is 14.9 Å². The second kappa shape index (κ2) is 8.73. The first kappa shape index (κ1) is 20.8. The Morgan fingerprint density at radius 3 is 2.84 bits per heavy atom. The normalized spacial score (nSPS) is 13.1. The molecule has 0 atom stereocenters. The summed E-state index contributed by atoms with van der Waals surface area (Å²) in [5.74, 6) is 1.24. The smallest absolute Gasteiger partial charge is 0.269 e. The summed E-state index contributed by atoms with van der Waals surface area (Å²) in [6.45, 7) is 2.73. The lowest BCUT2D eigenvalue weighted by molar-refractivity contribution is -0.384. The molecular formula is C21H17N7O4. The highest BCUT2D eigenvalue weighted by Crippen LogP contribution is 2.31. The van der Waals surface area contributed by atoms with Crippen molar-refractivity contribution in [3.05, 3.63) is 63.5 Å². The van der Waals surface area contributed by atoms with E-state index in [1.807, 2.05) is 19.1 Å². The van der Waals surface area contributed by atoms with Crippen molar-refractivity contribution in [3.63, 3.8) is 0 Å². The second-order valence-electron chi connectivity index (χ2n) is 7.13. The van der Waals surface area contributed by atoms with Gasteiger partial charge in [0.25, 0.3) is 11.6 Å². The van der Waals surface area contributed by atoms with Crippen LogP contribution < -0.4 is 0 Å². The van der Waals surface area contributed by atoms with Gasteiger partial charge in [-0.25, -0.2) is 9.97 Å². The number of carbonyl (C=O) groups is 1. The maximum absolute atomic E-state index is 12.0. The van der Waals surface area contributed by atoms with Gasteiger partial charge in [-0.2, -0.15) is 5.26 Å². The molecule has 1 amide bonds. The molecule has 11 heteroatoms. The number of hydrogen-bond acceptors (Lipinski definition) is 9. The van der Waals surface area contributed by atoms with Crippen LogP contribution in [-0.2, 0) is 17.8 Å². The number of nitrogens with zero attached hydrogens (tertiary/aromatic N) is 7. The molecule has 0 saturated heterocycles. The molecule has 11 nitrogen and oxygen atoms in total. The van der Waals surface area contributed by atoms with Crippen LogP contribution in [0.4, 0.5) is 17.3 Å². The Kier molecular flexibility index (Phi) is 5.67. The fraction of sp³-hybridized carbons (Fsp3) is 0.238. The summed E-state index contributed by atoms with van der Waals surface area (Å²) in [6, 6.07) is 9.37. The van der Waals surface area contributed by atoms with Crippen LogP contribution in [0, 0.1) is 28.4 Å². The second-order valence-corrected chi connectivity index (χ2v) is 7.13. The van der Waals surface area contributed by atoms with Gasteiger partial charge in [0, 0.05) is 43.4 Å². The van der Waals surface area contributed by atoms with Crippen LogP contribution >= 0.6 is 0 Å². The molecule has 0 fully saturated rings. The zero-order valence-electron chi connectivity index (χ0n) is 17.1. The van der Waals surface area contributed by atoms with E-state index in [4.69, 9.17) is 9.68 Å². The predicted molar refractivity (Wildman–Crippen MR) is 111 cm³/mol. The molecule has 3 heterocycles. The molecule has 1 aliphatic rings. The van der Waals surface area contributed by atoms with E-state index in [0.717, 1.165) is 16.9 Å². The molecule has 3 aromatic rings. The summed E-state index contributed by atoms with van der Waals surface area (Å²) in [5, 5.41) is 27.5. The molecule has 0 spiro atoms. The number of amides is 1. The van der Waals surface area contributed by atoms with E-state index in [1.165, 1.54) is 24.3 Å². The van der Waals surface area contributed by atoms with E-state index < -0.39 is 4.92 Å². The first-order valence-electron chi connectivity index (χ1n) is 9.71. The number of aromatic nitrogens is 2. The highest BCUT2D eigenvalue weighted by atomic mass is 16.6. The molecule has 0 saturated carbocycles. The Hall–Kier alpha value is -4.46. The average Bonchev–Trinajstić information content (AvgIpc) is 3.22. The Balaban J connectivity index is 1.56. The third-order valence-corrected chi connectivity index (χ3v) is 4.96. The number of hydrogen-bond donors (Lipinski definition) is 0. The molecule has 32 heavy (non-hydrogen) atoms. The standard InChI is InChI=1S/C21H17N7O4/c1-13-11-23-21(26-25-15-2-4-16(5-3-15)28(30)31)24-20(13)18-10-14-12-27(19(29)6-8-22)9-7-17(14)32-18/h2-5,10-11H,6-7,9,12H2,1H3. The van der Waals surface area contributed by atoms with Gasteiger partial charge >= 0.3 is 0 Å². The van der Waals surface area contributed by atoms with Crippen molar-refractivity contribution >= 4 is 23.2 Å². The summed E-state index contributed by atoms with van der Waals surface area (Å²) in [4.78, 5) is 32.5. The number of benzene rings is 1. The van der Waals surface area contributed by atoms with Gasteiger partial charge in [-0.15, -0.1) is 10.2 Å². The molecule has 2 aromatic heterocycles. The monoisotopic (exact) mass is 431 g/mol. The van der Waals surface area contributed by atoms with E-state index >= 15 is 0 Å². The van der Waals surface area contributed by atoms with Crippen molar-refractivity contribution in [2.45, 2.75) is 26.3 Å². The van der Waals surface area contributed by atoms with Crippen LogP contribution in [0.1, 0.15) is 23.3 Å². The van der Waals surface area contributed by atoms with Crippen molar-refractivity contribution in [2.75, 3.05) is 6.54 Å². The van der Waals surface area contributed by atoms with Crippen molar-refractivity contribution in [2.24, 2.45) is 10.2 Å². The van der Waals surface area contributed by atoms with Gasteiger partial charge in [0.1, 0.15) is 17.9 Å². The number of nitro benzene ring substituents is 1. The summed E-state index contributed by atoms with van der Waals surface area (Å²) in [6.07, 6.45) is 2.02. The fourth-order valence-electron chi connectivity index (χ4n) is 3.32. The highest BCUT2D eigenvalue weighted by Gasteiger charge is 2.25. The molecule has 0 unspecified atom stereocenters. The van der Waals surface area contributed by atoms with E-state index in [2.05, 4.69) is 20.2 Å². The van der Waals surface area contributed by atoms with Crippen LogP contribution in [0.15, 0.2) is 51.2 Å². The lowest BCUT2D eigenvalue weighted by Crippen LogP contribution is -2.35. The van der Waals surface area contributed by atoms with Gasteiger partial charge in [0.05, 0.1) is 16.7 Å². The zero-order valence-corrected chi connectivity index (χ0v) is 17.1. The molecule has 0 aliphatic carbocycles. The van der Waals surface area contributed by atoms with Crippen molar-refractivity contribution < 1.29 is 14.1 Å². The minimum Gasteiger partial charge on any atom is -0.459 e. The predicted octanol–water partition coefficient (Wildman–Crippen LogP) is 4.17. The highest BCUT2D eigenvalue weighted by molar-refractivity contribution is 5.78. The number of nitriles is 1. The third kappa shape index (κ3) is 4.34. The Morgan fingerprint density at radius 1 is 1.34 bits per heavy atom. The maximum Gasteiger partial charge on any atom is 0.269 e. The Morgan fingerprint density at radius 2 is 2.12 bits per heavy atom. The number of azo groups is 1. The fourth-order valence-corrected chi connectivity index (χ4v) is 3.32. The average molecular weight is 431 g/mol. The lowest BCUT2D eigenvalue weighted by Gasteiger charge is -2.25. The maximum atomic E-state index is 12.0. The first-order chi connectivity index (χ1) is 15.4.